The van der Waals surface area contributed by atoms with Crippen molar-refractivity contribution in [1.82, 2.24) is 4.90 Å². The predicted molar refractivity (Wildman–Crippen MR) is 109 cm³/mol. The van der Waals surface area contributed by atoms with Gasteiger partial charge in [0.25, 0.3) is 0 Å². The van der Waals surface area contributed by atoms with Crippen molar-refractivity contribution < 1.29 is 9.53 Å². The molecular formula is C21H21N3O2S. The zero-order valence-corrected chi connectivity index (χ0v) is 16.2. The number of nitrogens with zero attached hydrogens (tertiary/aromatic N) is 2. The molecule has 1 aromatic heterocycles. The minimum atomic E-state index is -0.426. The van der Waals surface area contributed by atoms with Crippen LogP contribution < -0.4 is 5.73 Å². The van der Waals surface area contributed by atoms with Crippen LogP contribution in [0.15, 0.2) is 42.5 Å². The van der Waals surface area contributed by atoms with Gasteiger partial charge in [-0.1, -0.05) is 36.4 Å². The van der Waals surface area contributed by atoms with E-state index in [2.05, 4.69) is 41.3 Å². The van der Waals surface area contributed by atoms with E-state index in [4.69, 9.17) is 10.5 Å². The van der Waals surface area contributed by atoms with Gasteiger partial charge in [-0.15, -0.1) is 11.3 Å². The first-order valence-electron chi connectivity index (χ1n) is 8.68. The number of esters is 1. The second-order valence-corrected chi connectivity index (χ2v) is 7.39. The van der Waals surface area contributed by atoms with E-state index in [9.17, 15) is 10.1 Å². The van der Waals surface area contributed by atoms with E-state index in [1.165, 1.54) is 10.8 Å². The van der Waals surface area contributed by atoms with Crippen LogP contribution in [-0.4, -0.2) is 24.5 Å². The smallest absolute Gasteiger partial charge is 0.348 e. The summed E-state index contributed by atoms with van der Waals surface area (Å²) in [6.45, 7) is 3.17. The van der Waals surface area contributed by atoms with Gasteiger partial charge < -0.3 is 10.5 Å². The van der Waals surface area contributed by atoms with E-state index in [0.717, 1.165) is 16.9 Å². The molecule has 0 unspecified atom stereocenters. The van der Waals surface area contributed by atoms with Crippen LogP contribution in [0.2, 0.25) is 0 Å². The topological polar surface area (TPSA) is 79.3 Å². The fourth-order valence-electron chi connectivity index (χ4n) is 3.09. The number of carbonyl (C=O) groups excluding carboxylic acids is 1. The molecule has 0 aliphatic carbocycles. The summed E-state index contributed by atoms with van der Waals surface area (Å²) in [6.07, 6.45) is 0. The van der Waals surface area contributed by atoms with Crippen molar-refractivity contribution in [2.45, 2.75) is 20.0 Å². The summed E-state index contributed by atoms with van der Waals surface area (Å²) < 4.78 is 5.12. The number of ether oxygens (including phenoxy) is 1. The van der Waals surface area contributed by atoms with Gasteiger partial charge in [0.1, 0.15) is 15.9 Å². The second kappa shape index (κ2) is 8.21. The lowest BCUT2D eigenvalue weighted by Gasteiger charge is -2.17. The Balaban J connectivity index is 1.83. The van der Waals surface area contributed by atoms with Crippen LogP contribution in [0.1, 0.15) is 33.3 Å². The molecule has 0 fully saturated rings. The Labute approximate surface area is 162 Å². The van der Waals surface area contributed by atoms with Gasteiger partial charge >= 0.3 is 5.97 Å². The maximum atomic E-state index is 12.2. The van der Waals surface area contributed by atoms with Crippen LogP contribution in [0.3, 0.4) is 0 Å². The molecule has 0 spiro atoms. The molecule has 0 radical (unpaired) electrons. The van der Waals surface area contributed by atoms with E-state index in [1.807, 2.05) is 19.2 Å². The van der Waals surface area contributed by atoms with Crippen LogP contribution in [0.4, 0.5) is 5.00 Å². The molecule has 0 aliphatic heterocycles. The number of benzene rings is 2. The predicted octanol–water partition coefficient (Wildman–Crippen LogP) is 4.16. The monoisotopic (exact) mass is 379 g/mol. The van der Waals surface area contributed by atoms with Crippen LogP contribution in [0.5, 0.6) is 0 Å². The van der Waals surface area contributed by atoms with Gasteiger partial charge in [0.15, 0.2) is 0 Å². The van der Waals surface area contributed by atoms with Gasteiger partial charge in [-0.05, 0) is 36.4 Å². The molecule has 138 valence electrons. The van der Waals surface area contributed by atoms with Gasteiger partial charge in [-0.2, -0.15) is 5.26 Å². The maximum absolute atomic E-state index is 12.2. The number of hydrogen-bond acceptors (Lipinski definition) is 6. The number of thiophene rings is 1. The van der Waals surface area contributed by atoms with Gasteiger partial charge in [-0.25, -0.2) is 4.79 Å². The fraction of sp³-hybridized carbons (Fsp3) is 0.238. The van der Waals surface area contributed by atoms with Gasteiger partial charge in [-0.3, -0.25) is 4.90 Å². The van der Waals surface area contributed by atoms with E-state index < -0.39 is 5.97 Å². The third-order valence-electron chi connectivity index (χ3n) is 4.30. The van der Waals surface area contributed by atoms with E-state index in [-0.39, 0.29) is 6.61 Å². The lowest BCUT2D eigenvalue weighted by molar-refractivity contribution is 0.0530. The Kier molecular flexibility index (Phi) is 5.75. The summed E-state index contributed by atoms with van der Waals surface area (Å²) in [4.78, 5) is 14.7. The van der Waals surface area contributed by atoms with Crippen LogP contribution in [0.25, 0.3) is 10.8 Å². The first-order valence-corrected chi connectivity index (χ1v) is 9.49. The standard InChI is InChI=1S/C21H21N3O2S/c1-3-26-21(25)19-18(17(11-22)20(23)27-19)13-24(2)12-14-8-9-15-6-4-5-7-16(15)10-14/h4-10H,3,12-13,23H2,1-2H3. The number of hydrogen-bond donors (Lipinski definition) is 1. The molecule has 27 heavy (non-hydrogen) atoms. The normalized spacial score (nSPS) is 10.9. The van der Waals surface area contributed by atoms with Crippen LogP contribution >= 0.6 is 11.3 Å². The molecule has 0 saturated carbocycles. The van der Waals surface area contributed by atoms with Crippen molar-refractivity contribution in [3.05, 3.63) is 64.0 Å². The molecule has 5 nitrogen and oxygen atoms in total. The number of anilines is 1. The highest BCUT2D eigenvalue weighted by Gasteiger charge is 2.23. The molecule has 3 aromatic rings. The number of rotatable bonds is 6. The van der Waals surface area contributed by atoms with Gasteiger partial charge in [0, 0.05) is 18.7 Å². The molecule has 2 aromatic carbocycles. The molecular weight excluding hydrogens is 358 g/mol. The van der Waals surface area contributed by atoms with Crippen molar-refractivity contribution in [3.63, 3.8) is 0 Å². The Hall–Kier alpha value is -2.88. The highest BCUT2D eigenvalue weighted by Crippen LogP contribution is 2.32. The molecule has 0 bridgehead atoms. The first kappa shape index (κ1) is 18.9. The van der Waals surface area contributed by atoms with Gasteiger partial charge in [0.2, 0.25) is 0 Å². The summed E-state index contributed by atoms with van der Waals surface area (Å²) in [5.74, 6) is -0.426. The number of carbonyl (C=O) groups is 1. The Morgan fingerprint density at radius 3 is 2.67 bits per heavy atom. The average molecular weight is 379 g/mol. The van der Waals surface area contributed by atoms with Crippen LogP contribution in [-0.2, 0) is 17.8 Å². The summed E-state index contributed by atoms with van der Waals surface area (Å²) in [6, 6.07) is 16.7. The number of nitrogens with two attached hydrogens (primary N) is 1. The van der Waals surface area contributed by atoms with E-state index >= 15 is 0 Å². The minimum absolute atomic E-state index is 0.283. The number of nitrogen functional groups attached to an aromatic ring is 1. The largest absolute Gasteiger partial charge is 0.462 e. The summed E-state index contributed by atoms with van der Waals surface area (Å²) >= 11 is 1.12. The molecule has 3 rings (SSSR count). The van der Waals surface area contributed by atoms with E-state index in [0.29, 0.717) is 34.1 Å². The summed E-state index contributed by atoms with van der Waals surface area (Å²) in [7, 11) is 1.96. The molecule has 0 amide bonds. The molecule has 0 atom stereocenters. The van der Waals surface area contributed by atoms with Crippen molar-refractivity contribution in [2.24, 2.45) is 0 Å². The Morgan fingerprint density at radius 1 is 1.22 bits per heavy atom. The molecule has 1 heterocycles. The van der Waals surface area contributed by atoms with Crippen molar-refractivity contribution in [1.29, 1.82) is 5.26 Å². The fourth-order valence-corrected chi connectivity index (χ4v) is 4.02. The average Bonchev–Trinajstić information content (AvgIpc) is 2.97. The Bertz CT molecular complexity index is 1020. The van der Waals surface area contributed by atoms with Gasteiger partial charge in [0.05, 0.1) is 12.2 Å². The molecule has 6 heteroatoms. The molecule has 0 aliphatic rings. The van der Waals surface area contributed by atoms with Crippen molar-refractivity contribution >= 4 is 33.1 Å². The first-order chi connectivity index (χ1) is 13.0. The zero-order valence-electron chi connectivity index (χ0n) is 15.4. The minimum Gasteiger partial charge on any atom is -0.462 e. The maximum Gasteiger partial charge on any atom is 0.348 e. The quantitative estimate of drug-likeness (QED) is 0.651. The second-order valence-electron chi connectivity index (χ2n) is 6.34. The summed E-state index contributed by atoms with van der Waals surface area (Å²) in [5.41, 5.74) is 8.12. The molecule has 2 N–H and O–H groups in total. The molecule has 0 saturated heterocycles. The van der Waals surface area contributed by atoms with Crippen molar-refractivity contribution in [2.75, 3.05) is 19.4 Å². The lowest BCUT2D eigenvalue weighted by Crippen LogP contribution is -2.19. The highest BCUT2D eigenvalue weighted by molar-refractivity contribution is 7.18. The third-order valence-corrected chi connectivity index (χ3v) is 5.34. The SMILES string of the molecule is CCOC(=O)c1sc(N)c(C#N)c1CN(C)Cc1ccc2ccccc2c1. The third kappa shape index (κ3) is 4.11. The Morgan fingerprint density at radius 2 is 1.96 bits per heavy atom. The van der Waals surface area contributed by atoms with Crippen molar-refractivity contribution in [3.8, 4) is 6.07 Å². The van der Waals surface area contributed by atoms with Crippen LogP contribution in [0, 0.1) is 11.3 Å². The lowest BCUT2D eigenvalue weighted by atomic mass is 10.1. The summed E-state index contributed by atoms with van der Waals surface area (Å²) in [5, 5.41) is 12.2. The van der Waals surface area contributed by atoms with E-state index in [1.54, 1.807) is 6.92 Å². The zero-order chi connectivity index (χ0) is 19.4. The number of nitriles is 1. The number of fused-ring (bicyclic) bond motifs is 1. The highest BCUT2D eigenvalue weighted by atomic mass is 32.1.